The summed E-state index contributed by atoms with van der Waals surface area (Å²) in [6.45, 7) is 11.4. The SMILES string of the molecule is CCCN(Cc1ccc(C)c(C)c1)CC1CCCN1. The van der Waals surface area contributed by atoms with E-state index in [-0.39, 0.29) is 0 Å². The van der Waals surface area contributed by atoms with Crippen LogP contribution in [0.4, 0.5) is 0 Å². The highest BCUT2D eigenvalue weighted by atomic mass is 15.1. The standard InChI is InChI=1S/C17H28N2/c1-4-10-19(13-17-6-5-9-18-17)12-16-8-7-14(2)15(3)11-16/h7-8,11,17-18H,4-6,9-10,12-13H2,1-3H3. The summed E-state index contributed by atoms with van der Waals surface area (Å²) in [7, 11) is 0. The second-order valence-corrected chi connectivity index (χ2v) is 5.95. The molecule has 19 heavy (non-hydrogen) atoms. The minimum atomic E-state index is 0.707. The van der Waals surface area contributed by atoms with E-state index in [4.69, 9.17) is 0 Å². The van der Waals surface area contributed by atoms with Crippen molar-refractivity contribution in [1.82, 2.24) is 10.2 Å². The van der Waals surface area contributed by atoms with Crippen LogP contribution in [-0.4, -0.2) is 30.6 Å². The van der Waals surface area contributed by atoms with Crippen LogP contribution in [0.1, 0.15) is 42.9 Å². The first-order valence-electron chi connectivity index (χ1n) is 7.71. The van der Waals surface area contributed by atoms with Crippen LogP contribution in [0.25, 0.3) is 0 Å². The average molecular weight is 260 g/mol. The predicted molar refractivity (Wildman–Crippen MR) is 82.5 cm³/mol. The van der Waals surface area contributed by atoms with Crippen molar-refractivity contribution in [1.29, 1.82) is 0 Å². The van der Waals surface area contributed by atoms with Gasteiger partial charge in [0.1, 0.15) is 0 Å². The molecule has 1 aromatic rings. The molecule has 0 saturated carbocycles. The van der Waals surface area contributed by atoms with Crippen molar-refractivity contribution in [3.63, 3.8) is 0 Å². The average Bonchev–Trinajstić information content (AvgIpc) is 2.87. The van der Waals surface area contributed by atoms with Gasteiger partial charge in [0, 0.05) is 19.1 Å². The van der Waals surface area contributed by atoms with Gasteiger partial charge in [-0.1, -0.05) is 25.1 Å². The summed E-state index contributed by atoms with van der Waals surface area (Å²) in [6.07, 6.45) is 3.92. The monoisotopic (exact) mass is 260 g/mol. The lowest BCUT2D eigenvalue weighted by atomic mass is 10.1. The molecule has 1 heterocycles. The zero-order valence-electron chi connectivity index (χ0n) is 12.7. The van der Waals surface area contributed by atoms with Gasteiger partial charge in [0.05, 0.1) is 0 Å². The summed E-state index contributed by atoms with van der Waals surface area (Å²) in [5.74, 6) is 0. The third-order valence-electron chi connectivity index (χ3n) is 4.16. The molecule has 0 bridgehead atoms. The van der Waals surface area contributed by atoms with E-state index in [1.807, 2.05) is 0 Å². The number of benzene rings is 1. The predicted octanol–water partition coefficient (Wildman–Crippen LogP) is 3.27. The Labute approximate surface area is 118 Å². The minimum Gasteiger partial charge on any atom is -0.313 e. The van der Waals surface area contributed by atoms with Gasteiger partial charge in [-0.05, 0) is 62.9 Å². The highest BCUT2D eigenvalue weighted by Gasteiger charge is 2.17. The summed E-state index contributed by atoms with van der Waals surface area (Å²) >= 11 is 0. The second kappa shape index (κ2) is 7.06. The quantitative estimate of drug-likeness (QED) is 0.844. The van der Waals surface area contributed by atoms with Crippen LogP contribution in [0.3, 0.4) is 0 Å². The fourth-order valence-electron chi connectivity index (χ4n) is 2.94. The molecule has 1 fully saturated rings. The lowest BCUT2D eigenvalue weighted by Crippen LogP contribution is -2.37. The Morgan fingerprint density at radius 2 is 2.11 bits per heavy atom. The molecule has 0 radical (unpaired) electrons. The van der Waals surface area contributed by atoms with E-state index in [0.29, 0.717) is 6.04 Å². The lowest BCUT2D eigenvalue weighted by molar-refractivity contribution is 0.241. The molecule has 1 atom stereocenters. The molecule has 0 aliphatic carbocycles. The fraction of sp³-hybridized carbons (Fsp3) is 0.647. The second-order valence-electron chi connectivity index (χ2n) is 5.95. The zero-order valence-corrected chi connectivity index (χ0v) is 12.7. The molecule has 0 spiro atoms. The van der Waals surface area contributed by atoms with Crippen LogP contribution >= 0.6 is 0 Å². The van der Waals surface area contributed by atoms with E-state index >= 15 is 0 Å². The van der Waals surface area contributed by atoms with Crippen LogP contribution in [-0.2, 0) is 6.54 Å². The van der Waals surface area contributed by atoms with Gasteiger partial charge < -0.3 is 5.32 Å². The molecule has 1 unspecified atom stereocenters. The Balaban J connectivity index is 1.96. The molecule has 0 amide bonds. The van der Waals surface area contributed by atoms with E-state index in [1.165, 1.54) is 55.6 Å². The van der Waals surface area contributed by atoms with Crippen LogP contribution in [0, 0.1) is 13.8 Å². The number of aryl methyl sites for hydroxylation is 2. The van der Waals surface area contributed by atoms with E-state index < -0.39 is 0 Å². The molecular weight excluding hydrogens is 232 g/mol. The van der Waals surface area contributed by atoms with E-state index in [0.717, 1.165) is 6.54 Å². The summed E-state index contributed by atoms with van der Waals surface area (Å²) in [5.41, 5.74) is 4.26. The highest BCUT2D eigenvalue weighted by Crippen LogP contribution is 2.14. The van der Waals surface area contributed by atoms with Crippen molar-refractivity contribution in [3.05, 3.63) is 34.9 Å². The summed E-state index contributed by atoms with van der Waals surface area (Å²) in [4.78, 5) is 2.60. The third kappa shape index (κ3) is 4.32. The Kier molecular flexibility index (Phi) is 5.41. The van der Waals surface area contributed by atoms with Crippen LogP contribution < -0.4 is 5.32 Å². The van der Waals surface area contributed by atoms with Gasteiger partial charge in [0.15, 0.2) is 0 Å². The first-order chi connectivity index (χ1) is 9.19. The number of hydrogen-bond acceptors (Lipinski definition) is 2. The Bertz CT molecular complexity index is 394. The molecule has 1 aliphatic heterocycles. The number of nitrogens with zero attached hydrogens (tertiary/aromatic N) is 1. The van der Waals surface area contributed by atoms with E-state index in [2.05, 4.69) is 49.2 Å². The molecule has 1 aliphatic rings. The smallest absolute Gasteiger partial charge is 0.0234 e. The molecule has 2 heteroatoms. The largest absolute Gasteiger partial charge is 0.313 e. The van der Waals surface area contributed by atoms with E-state index in [1.54, 1.807) is 0 Å². The Morgan fingerprint density at radius 1 is 1.26 bits per heavy atom. The Hall–Kier alpha value is -0.860. The first-order valence-corrected chi connectivity index (χ1v) is 7.71. The summed E-state index contributed by atoms with van der Waals surface area (Å²) in [6, 6.07) is 7.59. The molecule has 1 saturated heterocycles. The van der Waals surface area contributed by atoms with Gasteiger partial charge in [0.2, 0.25) is 0 Å². The lowest BCUT2D eigenvalue weighted by Gasteiger charge is -2.25. The summed E-state index contributed by atoms with van der Waals surface area (Å²) < 4.78 is 0. The third-order valence-corrected chi connectivity index (χ3v) is 4.16. The molecule has 1 aromatic carbocycles. The molecule has 2 nitrogen and oxygen atoms in total. The first kappa shape index (κ1) is 14.5. The maximum atomic E-state index is 3.61. The van der Waals surface area contributed by atoms with E-state index in [9.17, 15) is 0 Å². The normalized spacial score (nSPS) is 19.3. The maximum absolute atomic E-state index is 3.61. The minimum absolute atomic E-state index is 0.707. The molecule has 1 N–H and O–H groups in total. The fourth-order valence-corrected chi connectivity index (χ4v) is 2.94. The van der Waals surface area contributed by atoms with Crippen LogP contribution in [0.2, 0.25) is 0 Å². The number of nitrogens with one attached hydrogen (secondary N) is 1. The molecule has 2 rings (SSSR count). The van der Waals surface area contributed by atoms with Crippen molar-refractivity contribution in [3.8, 4) is 0 Å². The van der Waals surface area contributed by atoms with Gasteiger partial charge in [-0.2, -0.15) is 0 Å². The number of rotatable bonds is 6. The van der Waals surface area contributed by atoms with Crippen molar-refractivity contribution >= 4 is 0 Å². The maximum Gasteiger partial charge on any atom is 0.0234 e. The van der Waals surface area contributed by atoms with Crippen molar-refractivity contribution < 1.29 is 0 Å². The zero-order chi connectivity index (χ0) is 13.7. The van der Waals surface area contributed by atoms with Crippen molar-refractivity contribution in [2.24, 2.45) is 0 Å². The van der Waals surface area contributed by atoms with Crippen molar-refractivity contribution in [2.45, 2.75) is 52.6 Å². The topological polar surface area (TPSA) is 15.3 Å². The van der Waals surface area contributed by atoms with Crippen molar-refractivity contribution in [2.75, 3.05) is 19.6 Å². The molecule has 0 aromatic heterocycles. The van der Waals surface area contributed by atoms with Crippen LogP contribution in [0.5, 0.6) is 0 Å². The van der Waals surface area contributed by atoms with Gasteiger partial charge in [-0.15, -0.1) is 0 Å². The van der Waals surface area contributed by atoms with Gasteiger partial charge in [-0.25, -0.2) is 0 Å². The highest BCUT2D eigenvalue weighted by molar-refractivity contribution is 5.29. The molecular formula is C17H28N2. The molecule has 106 valence electrons. The van der Waals surface area contributed by atoms with Gasteiger partial charge >= 0.3 is 0 Å². The summed E-state index contributed by atoms with van der Waals surface area (Å²) in [5, 5.41) is 3.61. The Morgan fingerprint density at radius 3 is 2.74 bits per heavy atom. The van der Waals surface area contributed by atoms with Gasteiger partial charge in [-0.3, -0.25) is 4.90 Å². The van der Waals surface area contributed by atoms with Gasteiger partial charge in [0.25, 0.3) is 0 Å². The number of hydrogen-bond donors (Lipinski definition) is 1. The van der Waals surface area contributed by atoms with Crippen LogP contribution in [0.15, 0.2) is 18.2 Å².